The number of carboxylic acids is 1. The monoisotopic (exact) mass is 352 g/mol. The molecule has 3 rings (SSSR count). The summed E-state index contributed by atoms with van der Waals surface area (Å²) >= 11 is 0. The van der Waals surface area contributed by atoms with Gasteiger partial charge >= 0.3 is 5.97 Å². The van der Waals surface area contributed by atoms with Gasteiger partial charge in [0.15, 0.2) is 0 Å². The first kappa shape index (κ1) is 17.7. The van der Waals surface area contributed by atoms with E-state index in [2.05, 4.69) is 10.6 Å². The number of amides is 2. The molecule has 1 saturated carbocycles. The molecule has 2 aromatic carbocycles. The average Bonchev–Trinajstić information content (AvgIpc) is 3.46. The molecule has 6 heteroatoms. The maximum Gasteiger partial charge on any atom is 0.326 e. The van der Waals surface area contributed by atoms with Crippen molar-refractivity contribution in [2.75, 3.05) is 5.32 Å². The fraction of sp³-hybridized carbons (Fsp3) is 0.250. The summed E-state index contributed by atoms with van der Waals surface area (Å²) in [6.45, 7) is 1.83. The van der Waals surface area contributed by atoms with Gasteiger partial charge in [0.2, 0.25) is 0 Å². The van der Waals surface area contributed by atoms with E-state index in [0.29, 0.717) is 16.8 Å². The lowest BCUT2D eigenvalue weighted by Crippen LogP contribution is -2.42. The number of rotatable bonds is 6. The molecular weight excluding hydrogens is 332 g/mol. The van der Waals surface area contributed by atoms with Crippen LogP contribution in [0.4, 0.5) is 5.69 Å². The highest BCUT2D eigenvalue weighted by Gasteiger charge is 2.37. The van der Waals surface area contributed by atoms with Crippen molar-refractivity contribution < 1.29 is 19.5 Å². The summed E-state index contributed by atoms with van der Waals surface area (Å²) in [7, 11) is 0. The standard InChI is InChI=1S/C20H20N2O4/c1-12-7-8-15(19(24)22-17(20(25)26)13-9-10-13)11-16(12)21-18(23)14-5-3-2-4-6-14/h2-8,11,13,17H,9-10H2,1H3,(H,21,23)(H,22,24)(H,25,26). The van der Waals surface area contributed by atoms with Crippen LogP contribution in [-0.2, 0) is 4.79 Å². The Bertz CT molecular complexity index is 844. The van der Waals surface area contributed by atoms with E-state index in [4.69, 9.17) is 0 Å². The predicted octanol–water partition coefficient (Wildman–Crippen LogP) is 2.84. The molecule has 0 aromatic heterocycles. The van der Waals surface area contributed by atoms with E-state index in [1.807, 2.05) is 13.0 Å². The van der Waals surface area contributed by atoms with Crippen molar-refractivity contribution in [1.29, 1.82) is 0 Å². The summed E-state index contributed by atoms with van der Waals surface area (Å²) in [6.07, 6.45) is 1.62. The Kier molecular flexibility index (Phi) is 5.02. The number of benzene rings is 2. The summed E-state index contributed by atoms with van der Waals surface area (Å²) in [6, 6.07) is 12.8. The lowest BCUT2D eigenvalue weighted by Gasteiger charge is -2.15. The lowest BCUT2D eigenvalue weighted by molar-refractivity contribution is -0.139. The summed E-state index contributed by atoms with van der Waals surface area (Å²) in [4.78, 5) is 36.0. The molecule has 3 N–H and O–H groups in total. The van der Waals surface area contributed by atoms with Gasteiger partial charge in [0.25, 0.3) is 11.8 Å². The zero-order chi connectivity index (χ0) is 18.7. The number of hydrogen-bond acceptors (Lipinski definition) is 3. The van der Waals surface area contributed by atoms with Gasteiger partial charge in [-0.2, -0.15) is 0 Å². The van der Waals surface area contributed by atoms with Gasteiger partial charge in [-0.3, -0.25) is 9.59 Å². The van der Waals surface area contributed by atoms with Gasteiger partial charge in [0.05, 0.1) is 0 Å². The first-order valence-electron chi connectivity index (χ1n) is 8.46. The van der Waals surface area contributed by atoms with Gasteiger partial charge in [-0.05, 0) is 55.5 Å². The number of carbonyl (C=O) groups is 3. The molecule has 0 aliphatic heterocycles. The molecule has 134 valence electrons. The minimum atomic E-state index is -1.02. The average molecular weight is 352 g/mol. The molecule has 6 nitrogen and oxygen atoms in total. The fourth-order valence-electron chi connectivity index (χ4n) is 2.72. The maximum atomic E-state index is 12.4. The SMILES string of the molecule is Cc1ccc(C(=O)NC(C(=O)O)C2CC2)cc1NC(=O)c1ccccc1. The van der Waals surface area contributed by atoms with E-state index in [1.54, 1.807) is 42.5 Å². The Morgan fingerprint density at radius 1 is 1.00 bits per heavy atom. The highest BCUT2D eigenvalue weighted by Crippen LogP contribution is 2.33. The first-order valence-corrected chi connectivity index (χ1v) is 8.46. The van der Waals surface area contributed by atoms with Crippen LogP contribution in [0, 0.1) is 12.8 Å². The third kappa shape index (κ3) is 4.08. The quantitative estimate of drug-likeness (QED) is 0.745. The van der Waals surface area contributed by atoms with Crippen molar-refractivity contribution in [3.63, 3.8) is 0 Å². The second-order valence-corrected chi connectivity index (χ2v) is 6.48. The van der Waals surface area contributed by atoms with E-state index in [-0.39, 0.29) is 11.8 Å². The van der Waals surface area contributed by atoms with Crippen LogP contribution >= 0.6 is 0 Å². The van der Waals surface area contributed by atoms with Crippen LogP contribution in [0.3, 0.4) is 0 Å². The van der Waals surface area contributed by atoms with Crippen LogP contribution in [0.15, 0.2) is 48.5 Å². The fourth-order valence-corrected chi connectivity index (χ4v) is 2.72. The molecule has 1 atom stereocenters. The van der Waals surface area contributed by atoms with Crippen LogP contribution in [0.25, 0.3) is 0 Å². The number of nitrogens with one attached hydrogen (secondary N) is 2. The zero-order valence-corrected chi connectivity index (χ0v) is 14.4. The van der Waals surface area contributed by atoms with Crippen molar-refractivity contribution in [3.05, 3.63) is 65.2 Å². The van der Waals surface area contributed by atoms with E-state index in [0.717, 1.165) is 18.4 Å². The molecule has 2 amide bonds. The Balaban J connectivity index is 1.75. The lowest BCUT2D eigenvalue weighted by atomic mass is 10.1. The Morgan fingerprint density at radius 3 is 2.31 bits per heavy atom. The van der Waals surface area contributed by atoms with Crippen LogP contribution < -0.4 is 10.6 Å². The molecular formula is C20H20N2O4. The molecule has 0 spiro atoms. The van der Waals surface area contributed by atoms with Crippen LogP contribution in [0.5, 0.6) is 0 Å². The number of carboxylic acid groups (broad SMARTS) is 1. The zero-order valence-electron chi connectivity index (χ0n) is 14.4. The predicted molar refractivity (Wildman–Crippen MR) is 97.2 cm³/mol. The molecule has 0 heterocycles. The number of aliphatic carboxylic acids is 1. The number of anilines is 1. The molecule has 0 bridgehead atoms. The third-order valence-corrected chi connectivity index (χ3v) is 4.43. The van der Waals surface area contributed by atoms with Crippen molar-refractivity contribution in [2.45, 2.75) is 25.8 Å². The van der Waals surface area contributed by atoms with E-state index >= 15 is 0 Å². The minimum absolute atomic E-state index is 0.000785. The largest absolute Gasteiger partial charge is 0.480 e. The molecule has 1 fully saturated rings. The van der Waals surface area contributed by atoms with E-state index < -0.39 is 17.9 Å². The molecule has 26 heavy (non-hydrogen) atoms. The van der Waals surface area contributed by atoms with Crippen LogP contribution in [0.2, 0.25) is 0 Å². The highest BCUT2D eigenvalue weighted by atomic mass is 16.4. The van der Waals surface area contributed by atoms with Gasteiger partial charge in [0, 0.05) is 16.8 Å². The normalized spacial score (nSPS) is 14.3. The molecule has 1 aliphatic carbocycles. The van der Waals surface area contributed by atoms with Crippen LogP contribution in [0.1, 0.15) is 39.1 Å². The van der Waals surface area contributed by atoms with Crippen molar-refractivity contribution in [2.24, 2.45) is 5.92 Å². The second kappa shape index (κ2) is 7.39. The van der Waals surface area contributed by atoms with Gasteiger partial charge in [-0.1, -0.05) is 24.3 Å². The van der Waals surface area contributed by atoms with Gasteiger partial charge in [0.1, 0.15) is 6.04 Å². The molecule has 1 unspecified atom stereocenters. The summed E-state index contributed by atoms with van der Waals surface area (Å²) < 4.78 is 0. The number of hydrogen-bond donors (Lipinski definition) is 3. The summed E-state index contributed by atoms with van der Waals surface area (Å²) in [5, 5.41) is 14.6. The molecule has 0 saturated heterocycles. The van der Waals surface area contributed by atoms with Crippen molar-refractivity contribution >= 4 is 23.5 Å². The first-order chi connectivity index (χ1) is 12.5. The maximum absolute atomic E-state index is 12.4. The van der Waals surface area contributed by atoms with E-state index in [9.17, 15) is 19.5 Å². The summed E-state index contributed by atoms with van der Waals surface area (Å²) in [5.74, 6) is -1.75. The third-order valence-electron chi connectivity index (χ3n) is 4.43. The second-order valence-electron chi connectivity index (χ2n) is 6.48. The number of carbonyl (C=O) groups excluding carboxylic acids is 2. The smallest absolute Gasteiger partial charge is 0.326 e. The van der Waals surface area contributed by atoms with E-state index in [1.165, 1.54) is 0 Å². The van der Waals surface area contributed by atoms with Gasteiger partial charge in [-0.15, -0.1) is 0 Å². The molecule has 1 aliphatic rings. The van der Waals surface area contributed by atoms with Crippen LogP contribution in [-0.4, -0.2) is 28.9 Å². The Morgan fingerprint density at radius 2 is 1.69 bits per heavy atom. The minimum Gasteiger partial charge on any atom is -0.480 e. The number of aryl methyl sites for hydroxylation is 1. The molecule has 0 radical (unpaired) electrons. The van der Waals surface area contributed by atoms with Gasteiger partial charge in [-0.25, -0.2) is 4.79 Å². The van der Waals surface area contributed by atoms with Crippen molar-refractivity contribution in [1.82, 2.24) is 5.32 Å². The summed E-state index contributed by atoms with van der Waals surface area (Å²) in [5.41, 5.74) is 2.15. The molecule has 2 aromatic rings. The Labute approximate surface area is 151 Å². The topological polar surface area (TPSA) is 95.5 Å². The highest BCUT2D eigenvalue weighted by molar-refractivity contribution is 6.05. The van der Waals surface area contributed by atoms with Crippen molar-refractivity contribution in [3.8, 4) is 0 Å². The van der Waals surface area contributed by atoms with Gasteiger partial charge < -0.3 is 15.7 Å². The Hall–Kier alpha value is -3.15.